The molecule has 0 spiro atoms. The van der Waals surface area contributed by atoms with E-state index in [0.29, 0.717) is 11.7 Å². The Bertz CT molecular complexity index is 998. The average Bonchev–Trinajstić information content (AvgIpc) is 2.98. The maximum atomic E-state index is 13.9. The number of rotatable bonds is 6. The van der Waals surface area contributed by atoms with Crippen LogP contribution in [0.3, 0.4) is 0 Å². The number of para-hydroxylation sites is 3. The monoisotopic (exact) mass is 416 g/mol. The zero-order valence-corrected chi connectivity index (χ0v) is 16.2. The second kappa shape index (κ2) is 8.82. The van der Waals surface area contributed by atoms with Gasteiger partial charge < -0.3 is 5.32 Å². The maximum absolute atomic E-state index is 13.9. The van der Waals surface area contributed by atoms with Gasteiger partial charge in [-0.2, -0.15) is 0 Å². The summed E-state index contributed by atoms with van der Waals surface area (Å²) in [6.45, 7) is 2.08. The third kappa shape index (κ3) is 4.60. The minimum absolute atomic E-state index is 0.0607. The van der Waals surface area contributed by atoms with Gasteiger partial charge in [0.1, 0.15) is 22.4 Å². The number of benzene rings is 2. The molecule has 29 heavy (non-hydrogen) atoms. The number of thioether (sulfide) groups is 1. The van der Waals surface area contributed by atoms with Crippen LogP contribution in [0.2, 0.25) is 0 Å². The number of nitrogens with zero attached hydrogens (tertiary/aromatic N) is 3. The first kappa shape index (κ1) is 20.5. The highest BCUT2D eigenvalue weighted by atomic mass is 32.2. The molecule has 1 heterocycles. The molecule has 0 radical (unpaired) electrons. The summed E-state index contributed by atoms with van der Waals surface area (Å²) in [4.78, 5) is 41.1. The minimum atomic E-state index is -0.747. The molecular weight excluding hydrogens is 399 g/mol. The maximum Gasteiger partial charge on any atom is 0.292 e. The first-order chi connectivity index (χ1) is 13.9. The Morgan fingerprint density at radius 2 is 1.97 bits per heavy atom. The smallest absolute Gasteiger partial charge is 0.292 e. The van der Waals surface area contributed by atoms with Crippen LogP contribution < -0.4 is 5.32 Å². The van der Waals surface area contributed by atoms with E-state index in [2.05, 4.69) is 10.3 Å². The Morgan fingerprint density at radius 3 is 2.66 bits per heavy atom. The van der Waals surface area contributed by atoms with E-state index >= 15 is 0 Å². The van der Waals surface area contributed by atoms with Gasteiger partial charge in [0, 0.05) is 19.0 Å². The lowest BCUT2D eigenvalue weighted by Crippen LogP contribution is -2.33. The molecule has 150 valence electrons. The van der Waals surface area contributed by atoms with E-state index in [1.807, 2.05) is 0 Å². The van der Waals surface area contributed by atoms with Crippen molar-refractivity contribution in [1.82, 2.24) is 4.90 Å². The molecule has 1 aliphatic heterocycles. The van der Waals surface area contributed by atoms with E-state index in [1.165, 1.54) is 35.2 Å². The van der Waals surface area contributed by atoms with Crippen LogP contribution >= 0.6 is 11.8 Å². The molecule has 8 nitrogen and oxygen atoms in total. The topological polar surface area (TPSA) is 105 Å². The molecule has 1 atom stereocenters. The molecule has 2 amide bonds. The zero-order chi connectivity index (χ0) is 21.0. The third-order valence-corrected chi connectivity index (χ3v) is 5.33. The van der Waals surface area contributed by atoms with Crippen molar-refractivity contribution >= 4 is 45.8 Å². The van der Waals surface area contributed by atoms with Crippen molar-refractivity contribution in [3.63, 3.8) is 0 Å². The molecular formula is C19H17FN4O4S. The molecule has 1 fully saturated rings. The Balaban J connectivity index is 1.75. The average molecular weight is 416 g/mol. The van der Waals surface area contributed by atoms with Crippen LogP contribution in [0.1, 0.15) is 13.3 Å². The number of anilines is 1. The fraction of sp³-hybridized carbons (Fsp3) is 0.211. The van der Waals surface area contributed by atoms with Gasteiger partial charge in [0.2, 0.25) is 11.8 Å². The fourth-order valence-electron chi connectivity index (χ4n) is 2.77. The predicted octanol–water partition coefficient (Wildman–Crippen LogP) is 3.71. The van der Waals surface area contributed by atoms with E-state index in [0.717, 1.165) is 11.8 Å². The Hall–Kier alpha value is -3.27. The number of amidine groups is 1. The minimum Gasteiger partial charge on any atom is -0.320 e. The van der Waals surface area contributed by atoms with Crippen molar-refractivity contribution in [2.45, 2.75) is 18.6 Å². The van der Waals surface area contributed by atoms with E-state index < -0.39 is 21.9 Å². The summed E-state index contributed by atoms with van der Waals surface area (Å²) in [5.74, 6) is -1.36. The van der Waals surface area contributed by atoms with Crippen LogP contribution in [-0.4, -0.2) is 38.6 Å². The number of carbonyl (C=O) groups excluding carboxylic acids is 2. The molecule has 0 bridgehead atoms. The van der Waals surface area contributed by atoms with Gasteiger partial charge in [-0.1, -0.05) is 36.0 Å². The molecule has 1 aliphatic rings. The van der Waals surface area contributed by atoms with Gasteiger partial charge in [0.05, 0.1) is 4.92 Å². The lowest BCUT2D eigenvalue weighted by Gasteiger charge is -2.13. The van der Waals surface area contributed by atoms with Crippen molar-refractivity contribution in [3.05, 3.63) is 64.5 Å². The van der Waals surface area contributed by atoms with Crippen LogP contribution in [0.25, 0.3) is 0 Å². The molecule has 0 aliphatic carbocycles. The third-order valence-electron chi connectivity index (χ3n) is 4.15. The van der Waals surface area contributed by atoms with E-state index in [9.17, 15) is 24.1 Å². The summed E-state index contributed by atoms with van der Waals surface area (Å²) in [5.41, 5.74) is -0.0694. The SMILES string of the molecule is CCN1C(=O)[C@H](CC(=O)Nc2ccccc2[N+](=O)[O-])SC1=Nc1ccccc1F. The lowest BCUT2D eigenvalue weighted by atomic mass is 10.2. The van der Waals surface area contributed by atoms with Crippen molar-refractivity contribution in [1.29, 1.82) is 0 Å². The predicted molar refractivity (Wildman–Crippen MR) is 109 cm³/mol. The standard InChI is InChI=1S/C19H17FN4O4S/c1-2-23-18(26)16(29-19(23)22-13-8-4-3-7-12(13)20)11-17(25)21-14-9-5-6-10-15(14)24(27)28/h3-10,16H,2,11H2,1H3,(H,21,25)/t16-/m0/s1. The van der Waals surface area contributed by atoms with E-state index in [1.54, 1.807) is 25.1 Å². The van der Waals surface area contributed by atoms with Crippen molar-refractivity contribution < 1.29 is 18.9 Å². The normalized spacial score (nSPS) is 17.6. The first-order valence-corrected chi connectivity index (χ1v) is 9.63. The number of nitrogens with one attached hydrogen (secondary N) is 1. The molecule has 0 saturated carbocycles. The number of amides is 2. The first-order valence-electron chi connectivity index (χ1n) is 8.75. The van der Waals surface area contributed by atoms with Gasteiger partial charge in [-0.25, -0.2) is 9.38 Å². The van der Waals surface area contributed by atoms with Gasteiger partial charge >= 0.3 is 0 Å². The quantitative estimate of drug-likeness (QED) is 0.571. The number of carbonyl (C=O) groups is 2. The Morgan fingerprint density at radius 1 is 1.28 bits per heavy atom. The summed E-state index contributed by atoms with van der Waals surface area (Å²) in [6, 6.07) is 11.7. The van der Waals surface area contributed by atoms with Crippen LogP contribution in [0.15, 0.2) is 53.5 Å². The highest BCUT2D eigenvalue weighted by molar-refractivity contribution is 8.15. The Labute approximate surface area is 170 Å². The molecule has 1 N–H and O–H groups in total. The number of nitro groups is 1. The molecule has 0 unspecified atom stereocenters. The fourth-order valence-corrected chi connectivity index (χ4v) is 3.98. The summed E-state index contributed by atoms with van der Waals surface area (Å²) in [5, 5.41) is 13.1. The van der Waals surface area contributed by atoms with Crippen LogP contribution in [0.4, 0.5) is 21.5 Å². The molecule has 10 heteroatoms. The number of nitro benzene ring substituents is 1. The van der Waals surface area contributed by atoms with Crippen LogP contribution in [-0.2, 0) is 9.59 Å². The number of hydrogen-bond acceptors (Lipinski definition) is 6. The summed E-state index contributed by atoms with van der Waals surface area (Å²) >= 11 is 1.07. The summed E-state index contributed by atoms with van der Waals surface area (Å²) in [7, 11) is 0. The zero-order valence-electron chi connectivity index (χ0n) is 15.4. The number of aliphatic imine (C=N–C) groups is 1. The van der Waals surface area contributed by atoms with Gasteiger partial charge in [-0.05, 0) is 25.1 Å². The molecule has 3 rings (SSSR count). The Kier molecular flexibility index (Phi) is 6.23. The highest BCUT2D eigenvalue weighted by Crippen LogP contribution is 2.32. The second-order valence-electron chi connectivity index (χ2n) is 6.06. The lowest BCUT2D eigenvalue weighted by molar-refractivity contribution is -0.383. The van der Waals surface area contributed by atoms with Crippen molar-refractivity contribution in [2.75, 3.05) is 11.9 Å². The van der Waals surface area contributed by atoms with E-state index in [4.69, 9.17) is 0 Å². The van der Waals surface area contributed by atoms with Gasteiger partial charge in [0.25, 0.3) is 5.69 Å². The molecule has 0 aromatic heterocycles. The summed E-state index contributed by atoms with van der Waals surface area (Å²) < 4.78 is 13.9. The largest absolute Gasteiger partial charge is 0.320 e. The molecule has 2 aromatic rings. The van der Waals surface area contributed by atoms with Crippen LogP contribution in [0, 0.1) is 15.9 Å². The molecule has 2 aromatic carbocycles. The van der Waals surface area contributed by atoms with E-state index in [-0.39, 0.29) is 29.4 Å². The number of hydrogen-bond donors (Lipinski definition) is 1. The molecule has 1 saturated heterocycles. The highest BCUT2D eigenvalue weighted by Gasteiger charge is 2.38. The van der Waals surface area contributed by atoms with Gasteiger partial charge in [-0.3, -0.25) is 24.6 Å². The van der Waals surface area contributed by atoms with Gasteiger partial charge in [-0.15, -0.1) is 0 Å². The summed E-state index contributed by atoms with van der Waals surface area (Å²) in [6.07, 6.45) is -0.192. The van der Waals surface area contributed by atoms with Crippen molar-refractivity contribution in [3.8, 4) is 0 Å². The van der Waals surface area contributed by atoms with Crippen LogP contribution in [0.5, 0.6) is 0 Å². The van der Waals surface area contributed by atoms with Gasteiger partial charge in [0.15, 0.2) is 5.17 Å². The number of halogens is 1. The van der Waals surface area contributed by atoms with Crippen molar-refractivity contribution in [2.24, 2.45) is 4.99 Å². The second-order valence-corrected chi connectivity index (χ2v) is 7.23.